The Morgan fingerprint density at radius 2 is 1.71 bits per heavy atom. The number of anilines is 1. The number of carbonyl (C=O) groups excluding carboxylic acids is 1. The van der Waals surface area contributed by atoms with Crippen LogP contribution in [0, 0.1) is 18.6 Å². The number of ether oxygens (including phenoxy) is 2. The van der Waals surface area contributed by atoms with E-state index in [0.717, 1.165) is 17.0 Å². The van der Waals surface area contributed by atoms with E-state index in [2.05, 4.69) is 15.5 Å². The number of para-hydroxylation sites is 2. The van der Waals surface area contributed by atoms with Crippen LogP contribution in [0.25, 0.3) is 11.3 Å². The van der Waals surface area contributed by atoms with Crippen LogP contribution in [0.2, 0.25) is 0 Å². The fourth-order valence-electron chi connectivity index (χ4n) is 6.32. The number of hydrogen-bond acceptors (Lipinski definition) is 6. The number of halogens is 5. The van der Waals surface area contributed by atoms with Gasteiger partial charge in [-0.05, 0) is 61.0 Å². The summed E-state index contributed by atoms with van der Waals surface area (Å²) in [6, 6.07) is 20.2. The smallest absolute Gasteiger partial charge is 0.406 e. The normalized spacial score (nSPS) is 19.2. The van der Waals surface area contributed by atoms with Gasteiger partial charge < -0.3 is 19.7 Å². The summed E-state index contributed by atoms with van der Waals surface area (Å²) < 4.78 is 81.9. The molecule has 2 N–H and O–H groups in total. The molecule has 0 saturated carbocycles. The maximum absolute atomic E-state index is 14.2. The highest BCUT2D eigenvalue weighted by molar-refractivity contribution is 5.91. The number of allylic oxidation sites excluding steroid dienone is 2. The maximum atomic E-state index is 14.2. The van der Waals surface area contributed by atoms with Crippen LogP contribution in [-0.4, -0.2) is 84.0 Å². The van der Waals surface area contributed by atoms with Gasteiger partial charge in [-0.15, -0.1) is 0 Å². The first-order valence-corrected chi connectivity index (χ1v) is 16.3. The van der Waals surface area contributed by atoms with Crippen LogP contribution in [0.15, 0.2) is 97.2 Å². The highest BCUT2D eigenvalue weighted by Crippen LogP contribution is 2.33. The van der Waals surface area contributed by atoms with Crippen LogP contribution in [0.3, 0.4) is 0 Å². The van der Waals surface area contributed by atoms with E-state index in [1.165, 1.54) is 23.0 Å². The highest BCUT2D eigenvalue weighted by Gasteiger charge is 2.37. The topological polar surface area (TPSA) is 83.9 Å². The van der Waals surface area contributed by atoms with Gasteiger partial charge in [-0.1, -0.05) is 42.5 Å². The average molecular weight is 709 g/mol. The summed E-state index contributed by atoms with van der Waals surface area (Å²) in [6.07, 6.45) is -1.02. The van der Waals surface area contributed by atoms with E-state index in [9.17, 15) is 26.7 Å². The minimum Gasteiger partial charge on any atom is -0.467 e. The summed E-state index contributed by atoms with van der Waals surface area (Å²) in [7, 11) is 1.59. The molecule has 1 saturated heterocycles. The van der Waals surface area contributed by atoms with Crippen LogP contribution >= 0.6 is 0 Å². The van der Waals surface area contributed by atoms with E-state index in [1.807, 2.05) is 6.07 Å². The minimum atomic E-state index is -4.52. The van der Waals surface area contributed by atoms with E-state index in [0.29, 0.717) is 65.9 Å². The van der Waals surface area contributed by atoms with Gasteiger partial charge in [-0.25, -0.2) is 18.3 Å². The van der Waals surface area contributed by atoms with Crippen LogP contribution < -0.4 is 15.4 Å². The lowest BCUT2D eigenvalue weighted by molar-refractivity contribution is -0.150. The quantitative estimate of drug-likeness (QED) is 0.166. The second-order valence-corrected chi connectivity index (χ2v) is 12.4. The molecule has 6 rings (SSSR count). The molecule has 2 amide bonds. The van der Waals surface area contributed by atoms with E-state index < -0.39 is 42.7 Å². The molecule has 0 spiro atoms. The van der Waals surface area contributed by atoms with Crippen molar-refractivity contribution in [3.63, 3.8) is 0 Å². The number of urea groups is 1. The number of benzene rings is 3. The van der Waals surface area contributed by atoms with E-state index in [1.54, 1.807) is 74.7 Å². The molecule has 3 heterocycles. The Hall–Kier alpha value is -5.21. The number of carbonyl (C=O) groups is 1. The number of rotatable bonds is 11. The van der Waals surface area contributed by atoms with Gasteiger partial charge >= 0.3 is 12.2 Å². The molecular formula is C37H37F5N6O3. The lowest BCUT2D eigenvalue weighted by Crippen LogP contribution is -2.42. The van der Waals surface area contributed by atoms with Crippen LogP contribution in [-0.2, 0) is 4.74 Å². The van der Waals surface area contributed by atoms with Gasteiger partial charge in [0.1, 0.15) is 18.1 Å². The van der Waals surface area contributed by atoms with Crippen LogP contribution in [0.5, 0.6) is 5.75 Å². The first-order valence-electron chi connectivity index (χ1n) is 16.3. The van der Waals surface area contributed by atoms with Crippen molar-refractivity contribution in [1.29, 1.82) is 0 Å². The van der Waals surface area contributed by atoms with Gasteiger partial charge in [-0.2, -0.15) is 18.3 Å². The average Bonchev–Trinajstić information content (AvgIpc) is 3.65. The van der Waals surface area contributed by atoms with Crippen molar-refractivity contribution in [2.75, 3.05) is 45.2 Å². The van der Waals surface area contributed by atoms with Crippen LogP contribution in [0.1, 0.15) is 22.7 Å². The maximum Gasteiger partial charge on any atom is 0.406 e. The van der Waals surface area contributed by atoms with E-state index in [-0.39, 0.29) is 5.92 Å². The first kappa shape index (κ1) is 35.6. The van der Waals surface area contributed by atoms with Crippen molar-refractivity contribution in [3.05, 3.63) is 126 Å². The van der Waals surface area contributed by atoms with Crippen molar-refractivity contribution < 1.29 is 36.2 Å². The summed E-state index contributed by atoms with van der Waals surface area (Å²) >= 11 is 0. The SMILES string of the molecule is COCCN1C[C@@H](NC(=O)Nc2c(C)c(C3=CN(CC(F)(F)F)C(Oc4ccccc4)C=C3)nn2-c2ccccc2)[C@H](c2ccc(F)c(F)c2)C1. The van der Waals surface area contributed by atoms with Gasteiger partial charge in [0.25, 0.3) is 0 Å². The molecule has 14 heteroatoms. The molecule has 2 aliphatic heterocycles. The summed E-state index contributed by atoms with van der Waals surface area (Å²) in [5.74, 6) is -1.57. The molecule has 3 atom stereocenters. The van der Waals surface area contributed by atoms with Crippen LogP contribution in [0.4, 0.5) is 32.6 Å². The highest BCUT2D eigenvalue weighted by atomic mass is 19.4. The Morgan fingerprint density at radius 3 is 2.39 bits per heavy atom. The summed E-state index contributed by atoms with van der Waals surface area (Å²) in [5, 5.41) is 10.7. The molecule has 1 aromatic heterocycles. The Labute approximate surface area is 291 Å². The van der Waals surface area contributed by atoms with Crippen molar-refractivity contribution in [3.8, 4) is 11.4 Å². The predicted molar refractivity (Wildman–Crippen MR) is 182 cm³/mol. The largest absolute Gasteiger partial charge is 0.467 e. The summed E-state index contributed by atoms with van der Waals surface area (Å²) in [6.45, 7) is 2.39. The number of aromatic nitrogens is 2. The fourth-order valence-corrected chi connectivity index (χ4v) is 6.32. The third kappa shape index (κ3) is 8.58. The number of nitrogens with zero attached hydrogens (tertiary/aromatic N) is 4. The molecule has 3 aromatic carbocycles. The molecule has 0 aliphatic carbocycles. The monoisotopic (exact) mass is 708 g/mol. The van der Waals surface area contributed by atoms with Gasteiger partial charge in [0.15, 0.2) is 17.9 Å². The second-order valence-electron chi connectivity index (χ2n) is 12.4. The third-order valence-corrected chi connectivity index (χ3v) is 8.76. The Bertz CT molecular complexity index is 1880. The molecule has 2 aliphatic rings. The van der Waals surface area contributed by atoms with Crippen molar-refractivity contribution >= 4 is 17.4 Å². The van der Waals surface area contributed by atoms with Gasteiger partial charge in [0.05, 0.1) is 24.0 Å². The molecule has 51 heavy (non-hydrogen) atoms. The van der Waals surface area contributed by atoms with Crippen molar-refractivity contribution in [1.82, 2.24) is 24.9 Å². The minimum absolute atomic E-state index is 0.298. The summed E-state index contributed by atoms with van der Waals surface area (Å²) in [4.78, 5) is 16.8. The Balaban J connectivity index is 1.29. The van der Waals surface area contributed by atoms with E-state index >= 15 is 0 Å². The Kier molecular flexibility index (Phi) is 10.7. The molecule has 1 fully saturated rings. The zero-order chi connectivity index (χ0) is 36.1. The fraction of sp³-hybridized carbons (Fsp3) is 0.297. The molecule has 268 valence electrons. The zero-order valence-electron chi connectivity index (χ0n) is 27.9. The second kappa shape index (κ2) is 15.4. The van der Waals surface area contributed by atoms with Gasteiger partial charge in [-0.3, -0.25) is 10.2 Å². The Morgan fingerprint density at radius 1 is 0.980 bits per heavy atom. The van der Waals surface area contributed by atoms with E-state index in [4.69, 9.17) is 14.6 Å². The number of alkyl halides is 3. The standard InChI is InChI=1S/C37H37F5N6O3/c1-24-34(26-14-16-33(47(20-26)23-37(40,41)42)51-28-11-7-4-8-12-28)45-48(27-9-5-3-6-10-27)35(24)44-36(49)43-32-22-46(17-18-50-2)21-29(32)25-13-15-30(38)31(39)19-25/h3-16,19-20,29,32-33H,17-18,21-23H2,1-2H3,(H2,43,44,49)/t29-,32+,33?/m0/s1. The van der Waals surface area contributed by atoms with Crippen molar-refractivity contribution in [2.24, 2.45) is 0 Å². The molecule has 1 unspecified atom stereocenters. The number of nitrogens with one attached hydrogen (secondary N) is 2. The molecular weight excluding hydrogens is 671 g/mol. The molecule has 4 aromatic rings. The number of amides is 2. The third-order valence-electron chi connectivity index (χ3n) is 8.76. The zero-order valence-corrected chi connectivity index (χ0v) is 27.9. The lowest BCUT2D eigenvalue weighted by atomic mass is 9.94. The molecule has 0 bridgehead atoms. The molecule has 0 radical (unpaired) electrons. The number of hydrogen-bond donors (Lipinski definition) is 2. The number of methoxy groups -OCH3 is 1. The molecule has 9 nitrogen and oxygen atoms in total. The van der Waals surface area contributed by atoms with Gasteiger partial charge in [0.2, 0.25) is 0 Å². The van der Waals surface area contributed by atoms with Crippen molar-refractivity contribution in [2.45, 2.75) is 31.3 Å². The van der Waals surface area contributed by atoms with Gasteiger partial charge in [0, 0.05) is 50.0 Å². The number of likely N-dealkylation sites (tertiary alicyclic amines) is 1. The predicted octanol–water partition coefficient (Wildman–Crippen LogP) is 6.87. The first-order chi connectivity index (χ1) is 24.5. The summed E-state index contributed by atoms with van der Waals surface area (Å²) in [5.41, 5.74) is 2.38. The lowest BCUT2D eigenvalue weighted by Gasteiger charge is -2.32.